The lowest BCUT2D eigenvalue weighted by Crippen LogP contribution is -1.96. The lowest BCUT2D eigenvalue weighted by molar-refractivity contribution is 0.460. The molecule has 4 nitrogen and oxygen atoms in total. The maximum atomic E-state index is 13.0. The second kappa shape index (κ2) is 5.02. The Hall–Kier alpha value is -2.13. The highest BCUT2D eigenvalue weighted by molar-refractivity contribution is 9.10. The maximum Gasteiger partial charge on any atom is 0.220 e. The van der Waals surface area contributed by atoms with Crippen LogP contribution in [0.1, 0.15) is 5.69 Å². The van der Waals surface area contributed by atoms with Gasteiger partial charge in [0.15, 0.2) is 5.69 Å². The molecule has 0 saturated carbocycles. The zero-order valence-corrected chi connectivity index (χ0v) is 10.6. The molecule has 0 atom stereocenters. The summed E-state index contributed by atoms with van der Waals surface area (Å²) in [7, 11) is 0. The highest BCUT2D eigenvalue weighted by atomic mass is 79.9. The van der Waals surface area contributed by atoms with Crippen LogP contribution in [0.25, 0.3) is 0 Å². The summed E-state index contributed by atoms with van der Waals surface area (Å²) < 4.78 is 18.7. The molecule has 0 fully saturated rings. The van der Waals surface area contributed by atoms with Crippen LogP contribution in [0.5, 0.6) is 11.6 Å². The van der Waals surface area contributed by atoms with E-state index in [1.807, 2.05) is 6.07 Å². The largest absolute Gasteiger partial charge is 0.439 e. The normalized spacial score (nSPS) is 9.83. The number of benzene rings is 1. The number of anilines is 1. The monoisotopic (exact) mass is 307 g/mol. The molecule has 0 aliphatic carbocycles. The molecule has 2 N–H and O–H groups in total. The van der Waals surface area contributed by atoms with Crippen LogP contribution in [-0.2, 0) is 0 Å². The minimum Gasteiger partial charge on any atom is -0.439 e. The van der Waals surface area contributed by atoms with Crippen LogP contribution in [0, 0.1) is 17.1 Å². The number of hydrogen-bond donors (Lipinski definition) is 1. The number of nitriles is 1. The van der Waals surface area contributed by atoms with E-state index in [0.29, 0.717) is 5.75 Å². The lowest BCUT2D eigenvalue weighted by Gasteiger charge is -2.06. The topological polar surface area (TPSA) is 71.9 Å². The van der Waals surface area contributed by atoms with Gasteiger partial charge in [-0.1, -0.05) is 0 Å². The van der Waals surface area contributed by atoms with Crippen LogP contribution in [0.3, 0.4) is 0 Å². The SMILES string of the molecule is N#Cc1nc(Oc2ccc(F)c(Br)c2)ccc1N. The third-order valence-electron chi connectivity index (χ3n) is 2.12. The van der Waals surface area contributed by atoms with E-state index in [-0.39, 0.29) is 27.6 Å². The number of nitrogens with zero attached hydrogens (tertiary/aromatic N) is 2. The summed E-state index contributed by atoms with van der Waals surface area (Å²) in [5.74, 6) is 0.244. The van der Waals surface area contributed by atoms with E-state index < -0.39 is 0 Å². The average molecular weight is 308 g/mol. The molecule has 0 aliphatic heterocycles. The predicted octanol–water partition coefficient (Wildman–Crippen LogP) is 3.23. The molecule has 6 heteroatoms. The van der Waals surface area contributed by atoms with Gasteiger partial charge in [-0.3, -0.25) is 0 Å². The van der Waals surface area contributed by atoms with E-state index in [1.165, 1.54) is 30.3 Å². The first-order chi connectivity index (χ1) is 8.60. The van der Waals surface area contributed by atoms with Crippen molar-refractivity contribution >= 4 is 21.6 Å². The highest BCUT2D eigenvalue weighted by Crippen LogP contribution is 2.26. The third kappa shape index (κ3) is 2.57. The number of hydrogen-bond acceptors (Lipinski definition) is 4. The fourth-order valence-corrected chi connectivity index (χ4v) is 1.62. The van der Waals surface area contributed by atoms with Gasteiger partial charge >= 0.3 is 0 Å². The van der Waals surface area contributed by atoms with Crippen LogP contribution in [0.15, 0.2) is 34.8 Å². The Labute approximate surface area is 111 Å². The van der Waals surface area contributed by atoms with Crippen molar-refractivity contribution in [2.24, 2.45) is 0 Å². The number of nitrogen functional groups attached to an aromatic ring is 1. The van der Waals surface area contributed by atoms with Crippen molar-refractivity contribution < 1.29 is 9.13 Å². The molecular weight excluding hydrogens is 301 g/mol. The molecular formula is C12H7BrFN3O. The molecule has 2 rings (SSSR count). The number of nitrogens with two attached hydrogens (primary N) is 1. The molecule has 1 aromatic carbocycles. The Morgan fingerprint density at radius 3 is 2.78 bits per heavy atom. The molecule has 0 radical (unpaired) electrons. The second-order valence-corrected chi connectivity index (χ2v) is 4.23. The molecule has 0 saturated heterocycles. The van der Waals surface area contributed by atoms with Crippen LogP contribution in [0.4, 0.5) is 10.1 Å². The molecule has 2 aromatic rings. The minimum atomic E-state index is -0.384. The number of halogens is 2. The Balaban J connectivity index is 2.29. The molecule has 0 unspecified atom stereocenters. The van der Waals surface area contributed by atoms with E-state index in [2.05, 4.69) is 20.9 Å². The van der Waals surface area contributed by atoms with Gasteiger partial charge in [0.1, 0.15) is 17.6 Å². The summed E-state index contributed by atoms with van der Waals surface area (Å²) in [6.45, 7) is 0. The Bertz CT molecular complexity index is 640. The zero-order valence-electron chi connectivity index (χ0n) is 9.02. The van der Waals surface area contributed by atoms with Gasteiger partial charge in [0, 0.05) is 6.07 Å². The van der Waals surface area contributed by atoms with Gasteiger partial charge < -0.3 is 10.5 Å². The molecule has 0 bridgehead atoms. The first-order valence-electron chi connectivity index (χ1n) is 4.89. The quantitative estimate of drug-likeness (QED) is 0.924. The molecule has 18 heavy (non-hydrogen) atoms. The molecule has 90 valence electrons. The van der Waals surface area contributed by atoms with Gasteiger partial charge in [-0.15, -0.1) is 0 Å². The van der Waals surface area contributed by atoms with Gasteiger partial charge in [0.2, 0.25) is 5.88 Å². The van der Waals surface area contributed by atoms with Crippen molar-refractivity contribution in [2.45, 2.75) is 0 Å². The van der Waals surface area contributed by atoms with E-state index in [1.54, 1.807) is 0 Å². The number of pyridine rings is 1. The number of rotatable bonds is 2. The number of ether oxygens (including phenoxy) is 1. The molecule has 0 spiro atoms. The van der Waals surface area contributed by atoms with E-state index in [0.717, 1.165) is 0 Å². The molecule has 0 aliphatic rings. The van der Waals surface area contributed by atoms with Crippen molar-refractivity contribution in [1.29, 1.82) is 5.26 Å². The third-order valence-corrected chi connectivity index (χ3v) is 2.73. The highest BCUT2D eigenvalue weighted by Gasteiger charge is 2.06. The maximum absolute atomic E-state index is 13.0. The first-order valence-corrected chi connectivity index (χ1v) is 5.69. The smallest absolute Gasteiger partial charge is 0.220 e. The fourth-order valence-electron chi connectivity index (χ4n) is 1.26. The summed E-state index contributed by atoms with van der Waals surface area (Å²) in [5.41, 5.74) is 5.91. The number of aromatic nitrogens is 1. The van der Waals surface area contributed by atoms with Gasteiger partial charge in [-0.25, -0.2) is 9.37 Å². The van der Waals surface area contributed by atoms with Crippen LogP contribution in [-0.4, -0.2) is 4.98 Å². The Kier molecular flexibility index (Phi) is 3.44. The van der Waals surface area contributed by atoms with E-state index >= 15 is 0 Å². The molecule has 0 amide bonds. The minimum absolute atomic E-state index is 0.0914. The average Bonchev–Trinajstić information content (AvgIpc) is 2.36. The summed E-state index contributed by atoms with van der Waals surface area (Å²) in [4.78, 5) is 3.92. The molecule has 1 heterocycles. The zero-order chi connectivity index (χ0) is 13.1. The van der Waals surface area contributed by atoms with E-state index in [9.17, 15) is 4.39 Å². The van der Waals surface area contributed by atoms with Gasteiger partial charge in [0.25, 0.3) is 0 Å². The fraction of sp³-hybridized carbons (Fsp3) is 0. The second-order valence-electron chi connectivity index (χ2n) is 3.38. The lowest BCUT2D eigenvalue weighted by atomic mass is 10.3. The Morgan fingerprint density at radius 1 is 1.33 bits per heavy atom. The van der Waals surface area contributed by atoms with Crippen molar-refractivity contribution in [3.8, 4) is 17.7 Å². The van der Waals surface area contributed by atoms with Gasteiger partial charge in [-0.05, 0) is 40.2 Å². The van der Waals surface area contributed by atoms with E-state index in [4.69, 9.17) is 15.7 Å². The Morgan fingerprint density at radius 2 is 2.11 bits per heavy atom. The summed E-state index contributed by atoms with van der Waals surface area (Å²) in [5, 5.41) is 8.78. The van der Waals surface area contributed by atoms with Crippen molar-refractivity contribution in [2.75, 3.05) is 5.73 Å². The summed E-state index contributed by atoms with van der Waals surface area (Å²) in [6.07, 6.45) is 0. The van der Waals surface area contributed by atoms with Gasteiger partial charge in [0.05, 0.1) is 10.2 Å². The van der Waals surface area contributed by atoms with Crippen molar-refractivity contribution in [3.63, 3.8) is 0 Å². The first kappa shape index (κ1) is 12.3. The predicted molar refractivity (Wildman–Crippen MR) is 67.5 cm³/mol. The van der Waals surface area contributed by atoms with Crippen molar-refractivity contribution in [1.82, 2.24) is 4.98 Å². The van der Waals surface area contributed by atoms with Crippen LogP contribution in [0.2, 0.25) is 0 Å². The summed E-state index contributed by atoms with van der Waals surface area (Å²) in [6, 6.07) is 9.12. The van der Waals surface area contributed by atoms with Crippen LogP contribution >= 0.6 is 15.9 Å². The standard InChI is InChI=1S/C12H7BrFN3O/c13-8-5-7(1-2-9(8)14)18-12-4-3-10(16)11(6-15)17-12/h1-5H,16H2. The molecule has 1 aromatic heterocycles. The van der Waals surface area contributed by atoms with Crippen molar-refractivity contribution in [3.05, 3.63) is 46.3 Å². The van der Waals surface area contributed by atoms with Gasteiger partial charge in [-0.2, -0.15) is 5.26 Å². The van der Waals surface area contributed by atoms with Crippen LogP contribution < -0.4 is 10.5 Å². The summed E-state index contributed by atoms with van der Waals surface area (Å²) >= 11 is 3.05.